The Hall–Kier alpha value is -5.64. The van der Waals surface area contributed by atoms with Crippen LogP contribution >= 0.6 is 0 Å². The number of fused-ring (bicyclic) bond motifs is 1. The number of aliphatic imine (C=N–C) groups is 1. The van der Waals surface area contributed by atoms with Gasteiger partial charge in [-0.2, -0.15) is 0 Å². The predicted molar refractivity (Wildman–Crippen MR) is 188 cm³/mol. The van der Waals surface area contributed by atoms with E-state index in [1.807, 2.05) is 72.8 Å². The Morgan fingerprint density at radius 3 is 1.80 bits per heavy atom. The lowest BCUT2D eigenvalue weighted by molar-refractivity contribution is -0.158. The van der Waals surface area contributed by atoms with Crippen LogP contribution < -0.4 is 0 Å². The molecule has 10 rings (SSSR count). The number of nitrogens with zero attached hydrogens (tertiary/aromatic N) is 3. The normalized spacial score (nSPS) is 28.5. The average molecular weight is 682 g/mol. The lowest BCUT2D eigenvalue weighted by Crippen LogP contribution is -2.50. The van der Waals surface area contributed by atoms with Crippen molar-refractivity contribution < 1.29 is 33.3 Å². The molecule has 6 aliphatic rings. The van der Waals surface area contributed by atoms with Crippen LogP contribution in [0.15, 0.2) is 101 Å². The first-order valence-electron chi connectivity index (χ1n) is 17.4. The summed E-state index contributed by atoms with van der Waals surface area (Å²) >= 11 is 0. The van der Waals surface area contributed by atoms with E-state index in [0.717, 1.165) is 24.8 Å². The van der Waals surface area contributed by atoms with E-state index in [0.29, 0.717) is 40.0 Å². The highest BCUT2D eigenvalue weighted by Crippen LogP contribution is 2.58. The number of hydrogen-bond acceptors (Lipinski definition) is 10. The quantitative estimate of drug-likeness (QED) is 0.210. The molecule has 0 radical (unpaired) electrons. The maximum atomic E-state index is 15.4. The van der Waals surface area contributed by atoms with Crippen LogP contribution in [0.25, 0.3) is 33.6 Å². The molecular formula is C41H35N3O7. The minimum Gasteiger partial charge on any atom is -0.465 e. The number of ketones is 1. The summed E-state index contributed by atoms with van der Waals surface area (Å²) < 4.78 is 23.7. The summed E-state index contributed by atoms with van der Waals surface area (Å²) in [6.07, 6.45) is 6.07. The summed E-state index contributed by atoms with van der Waals surface area (Å²) in [6, 6.07) is 25.9. The fourth-order valence-electron chi connectivity index (χ4n) is 9.36. The number of Topliss-reactive ketones (excluding diaryl/α,β-unsaturated/α-hetero) is 1. The van der Waals surface area contributed by atoms with Crippen molar-refractivity contribution in [3.8, 4) is 11.3 Å². The Balaban J connectivity index is 1.28. The van der Waals surface area contributed by atoms with Gasteiger partial charge in [0.15, 0.2) is 0 Å². The second-order valence-electron chi connectivity index (χ2n) is 14.3. The van der Waals surface area contributed by atoms with Gasteiger partial charge >= 0.3 is 17.7 Å². The lowest BCUT2D eigenvalue weighted by atomic mass is 9.53. The zero-order valence-corrected chi connectivity index (χ0v) is 28.3. The van der Waals surface area contributed by atoms with Crippen molar-refractivity contribution in [1.29, 1.82) is 0 Å². The molecule has 51 heavy (non-hydrogen) atoms. The van der Waals surface area contributed by atoms with E-state index in [2.05, 4.69) is 0 Å². The molecule has 3 heterocycles. The highest BCUT2D eigenvalue weighted by Gasteiger charge is 2.66. The molecule has 2 aliphatic heterocycles. The SMILES string of the molecule is COC(=O)C1=C(C(=O)OC)C2(OC1=NC13CC4CC(CC(C4)C1)C3)OC(c1ccccc1)=C(c1nc3ccccc3nc1-c1ccccc1)C2=O. The Morgan fingerprint density at radius 1 is 0.706 bits per heavy atom. The summed E-state index contributed by atoms with van der Waals surface area (Å²) in [6.45, 7) is 0. The molecular weight excluding hydrogens is 646 g/mol. The Kier molecular flexibility index (Phi) is 7.20. The number of carbonyl (C=O) groups excluding carboxylic acids is 3. The second-order valence-corrected chi connectivity index (χ2v) is 14.3. The van der Waals surface area contributed by atoms with E-state index < -0.39 is 34.6 Å². The van der Waals surface area contributed by atoms with Crippen LogP contribution in [0.5, 0.6) is 0 Å². The van der Waals surface area contributed by atoms with Crippen LogP contribution in [0.1, 0.15) is 49.8 Å². The highest BCUT2D eigenvalue weighted by atomic mass is 16.7. The van der Waals surface area contributed by atoms with Gasteiger partial charge in [0.2, 0.25) is 5.90 Å². The van der Waals surface area contributed by atoms with Crippen molar-refractivity contribution in [3.05, 3.63) is 107 Å². The number of aromatic nitrogens is 2. The minimum absolute atomic E-state index is 0.0416. The van der Waals surface area contributed by atoms with Crippen molar-refractivity contribution in [3.63, 3.8) is 0 Å². The number of rotatable bonds is 6. The number of hydrogen-bond donors (Lipinski definition) is 0. The van der Waals surface area contributed by atoms with Crippen molar-refractivity contribution in [2.24, 2.45) is 22.7 Å². The van der Waals surface area contributed by atoms with Crippen molar-refractivity contribution in [2.75, 3.05) is 14.2 Å². The smallest absolute Gasteiger partial charge is 0.353 e. The molecule has 1 spiro atoms. The monoisotopic (exact) mass is 681 g/mol. The molecule has 4 bridgehead atoms. The molecule has 4 aromatic rings. The van der Waals surface area contributed by atoms with E-state index in [-0.39, 0.29) is 28.5 Å². The molecule has 1 unspecified atom stereocenters. The van der Waals surface area contributed by atoms with E-state index in [9.17, 15) is 9.59 Å². The molecule has 10 heteroatoms. The summed E-state index contributed by atoms with van der Waals surface area (Å²) in [5.41, 5.74) is 1.98. The molecule has 0 saturated heterocycles. The third-order valence-corrected chi connectivity index (χ3v) is 11.0. The summed E-state index contributed by atoms with van der Waals surface area (Å²) in [5, 5.41) is 0. The molecule has 256 valence electrons. The van der Waals surface area contributed by atoms with Crippen LogP contribution in [-0.4, -0.2) is 59.1 Å². The maximum Gasteiger partial charge on any atom is 0.353 e. The van der Waals surface area contributed by atoms with Crippen molar-refractivity contribution in [1.82, 2.24) is 9.97 Å². The van der Waals surface area contributed by atoms with Crippen molar-refractivity contribution in [2.45, 2.75) is 49.9 Å². The largest absolute Gasteiger partial charge is 0.465 e. The highest BCUT2D eigenvalue weighted by molar-refractivity contribution is 6.38. The second kappa shape index (κ2) is 11.7. The van der Waals surface area contributed by atoms with Crippen molar-refractivity contribution >= 4 is 46.0 Å². The van der Waals surface area contributed by atoms with Gasteiger partial charge in [-0.1, -0.05) is 72.8 Å². The third-order valence-electron chi connectivity index (χ3n) is 11.0. The zero-order valence-electron chi connectivity index (χ0n) is 28.3. The minimum atomic E-state index is -2.44. The number of ether oxygens (including phenoxy) is 4. The molecule has 1 atom stereocenters. The van der Waals surface area contributed by atoms with Gasteiger partial charge in [0, 0.05) is 11.1 Å². The molecule has 4 fully saturated rings. The van der Waals surface area contributed by atoms with Gasteiger partial charge in [-0.3, -0.25) is 4.79 Å². The number of para-hydroxylation sites is 2. The molecule has 1 aromatic heterocycles. The van der Waals surface area contributed by atoms with E-state index >= 15 is 4.79 Å². The maximum absolute atomic E-state index is 15.4. The third kappa shape index (κ3) is 4.91. The van der Waals surface area contributed by atoms with Gasteiger partial charge in [0.1, 0.15) is 22.6 Å². The van der Waals surface area contributed by atoms with Gasteiger partial charge in [-0.25, -0.2) is 24.5 Å². The average Bonchev–Trinajstić information content (AvgIpc) is 3.62. The van der Waals surface area contributed by atoms with Crippen LogP contribution in [0.2, 0.25) is 0 Å². The molecule has 4 saturated carbocycles. The molecule has 10 nitrogen and oxygen atoms in total. The van der Waals surface area contributed by atoms with Crippen LogP contribution in [0, 0.1) is 17.8 Å². The fraction of sp³-hybridized carbons (Fsp3) is 0.317. The van der Waals surface area contributed by atoms with E-state index in [4.69, 9.17) is 33.9 Å². The van der Waals surface area contributed by atoms with Crippen LogP contribution in [-0.2, 0) is 33.3 Å². The first-order valence-corrected chi connectivity index (χ1v) is 17.4. The molecule has 0 N–H and O–H groups in total. The number of esters is 2. The zero-order chi connectivity index (χ0) is 34.9. The Labute approximate surface area is 294 Å². The van der Waals surface area contributed by atoms with Gasteiger partial charge < -0.3 is 18.9 Å². The van der Waals surface area contributed by atoms with Gasteiger partial charge in [-0.15, -0.1) is 0 Å². The first kappa shape index (κ1) is 31.3. The predicted octanol–water partition coefficient (Wildman–Crippen LogP) is 6.50. The number of benzene rings is 3. The van der Waals surface area contributed by atoms with Gasteiger partial charge in [-0.05, 0) is 68.4 Å². The topological polar surface area (TPSA) is 126 Å². The standard InChI is InChI=1S/C41H35N3O7/c1-48-38(46)30-32(39(47)49-2)41(51-37(30)44-40-20-23-17-24(21-40)19-25(18-23)22-40)36(45)31(35(50-41)27-13-7-4-8-14-27)34-33(26-11-5-3-6-12-26)42-28-15-9-10-16-29(28)43-34/h3-16,23-25H,17-22H2,1-2H3. The van der Waals surface area contributed by atoms with Crippen LogP contribution in [0.4, 0.5) is 0 Å². The summed E-state index contributed by atoms with van der Waals surface area (Å²) in [5.74, 6) is -3.45. The summed E-state index contributed by atoms with van der Waals surface area (Å²) in [4.78, 5) is 58.2. The van der Waals surface area contributed by atoms with Gasteiger partial charge in [0.25, 0.3) is 5.78 Å². The van der Waals surface area contributed by atoms with Gasteiger partial charge in [0.05, 0.1) is 42.1 Å². The fourth-order valence-corrected chi connectivity index (χ4v) is 9.36. The number of methoxy groups -OCH3 is 2. The van der Waals surface area contributed by atoms with E-state index in [1.54, 1.807) is 12.1 Å². The molecule has 0 amide bonds. The lowest BCUT2D eigenvalue weighted by Gasteiger charge is -2.54. The Morgan fingerprint density at radius 2 is 1.24 bits per heavy atom. The summed E-state index contributed by atoms with van der Waals surface area (Å²) in [7, 11) is 2.39. The first-order chi connectivity index (χ1) is 24.8. The molecule has 3 aromatic carbocycles. The Bertz CT molecular complexity index is 2190. The number of carbonyl (C=O) groups is 3. The van der Waals surface area contributed by atoms with E-state index in [1.165, 1.54) is 33.5 Å². The molecule has 4 aliphatic carbocycles. The van der Waals surface area contributed by atoms with Crippen LogP contribution in [0.3, 0.4) is 0 Å².